The van der Waals surface area contributed by atoms with Crippen LogP contribution >= 0.6 is 0 Å². The highest BCUT2D eigenvalue weighted by molar-refractivity contribution is 6.31. The maximum absolute atomic E-state index is 14.3. The van der Waals surface area contributed by atoms with Gasteiger partial charge in [-0.25, -0.2) is 14.2 Å². The van der Waals surface area contributed by atoms with Crippen LogP contribution in [0.2, 0.25) is 0 Å². The number of methoxy groups -OCH3 is 1. The quantitative estimate of drug-likeness (QED) is 0.253. The van der Waals surface area contributed by atoms with Gasteiger partial charge in [-0.15, -0.1) is 0 Å². The van der Waals surface area contributed by atoms with E-state index in [0.29, 0.717) is 68.6 Å². The van der Waals surface area contributed by atoms with Crippen LogP contribution in [-0.2, 0) is 22.6 Å². The zero-order chi connectivity index (χ0) is 35.1. The number of aliphatic carboxylic acids is 1. The number of aromatic nitrogens is 3. The first-order valence-electron chi connectivity index (χ1n) is 17.2. The number of rotatable bonds is 8. The Balaban J connectivity index is 1.29. The molecule has 0 unspecified atom stereocenters. The maximum atomic E-state index is 14.3. The Hall–Kier alpha value is -5.26. The van der Waals surface area contributed by atoms with Gasteiger partial charge in [-0.05, 0) is 68.4 Å². The van der Waals surface area contributed by atoms with Crippen LogP contribution in [0.5, 0.6) is 5.75 Å². The molecule has 2 aliphatic heterocycles. The van der Waals surface area contributed by atoms with Gasteiger partial charge in [0.25, 0.3) is 5.91 Å². The van der Waals surface area contributed by atoms with Crippen molar-refractivity contribution < 1.29 is 28.6 Å². The van der Waals surface area contributed by atoms with Gasteiger partial charge >= 0.3 is 11.9 Å². The molecular weight excluding hydrogens is 639 g/mol. The molecule has 3 aromatic heterocycles. The number of amides is 2. The summed E-state index contributed by atoms with van der Waals surface area (Å²) in [6.07, 6.45) is 6.81. The lowest BCUT2D eigenvalue weighted by Crippen LogP contribution is -2.49. The van der Waals surface area contributed by atoms with Crippen LogP contribution < -0.4 is 9.64 Å². The van der Waals surface area contributed by atoms with E-state index in [9.17, 15) is 23.9 Å². The number of piperazine rings is 1. The average molecular weight is 681 g/mol. The van der Waals surface area contributed by atoms with E-state index in [4.69, 9.17) is 9.72 Å². The van der Waals surface area contributed by atoms with Crippen LogP contribution in [0.1, 0.15) is 53.6 Å². The van der Waals surface area contributed by atoms with Gasteiger partial charge in [-0.1, -0.05) is 19.1 Å². The van der Waals surface area contributed by atoms with Crippen molar-refractivity contribution in [2.24, 2.45) is 5.92 Å². The molecule has 50 heavy (non-hydrogen) atoms. The molecule has 260 valence electrons. The number of pyridine rings is 2. The van der Waals surface area contributed by atoms with Crippen LogP contribution in [-0.4, -0.2) is 93.6 Å². The van der Waals surface area contributed by atoms with Crippen LogP contribution in [0, 0.1) is 18.7 Å². The average Bonchev–Trinajstić information content (AvgIpc) is 3.89. The Morgan fingerprint density at radius 3 is 2.48 bits per heavy atom. The van der Waals surface area contributed by atoms with Gasteiger partial charge in [0.15, 0.2) is 11.6 Å². The second kappa shape index (κ2) is 13.6. The minimum atomic E-state index is -1.46. The number of carbonyl (C=O) groups is 3. The number of anilines is 1. The summed E-state index contributed by atoms with van der Waals surface area (Å²) in [5.41, 5.74) is 7.18. The van der Waals surface area contributed by atoms with E-state index in [-0.39, 0.29) is 12.5 Å². The van der Waals surface area contributed by atoms with Gasteiger partial charge in [0.05, 0.1) is 18.8 Å². The molecule has 1 aliphatic carbocycles. The third-order valence-electron chi connectivity index (χ3n) is 9.95. The molecule has 1 N–H and O–H groups in total. The monoisotopic (exact) mass is 680 g/mol. The van der Waals surface area contributed by atoms with Gasteiger partial charge in [-0.2, -0.15) is 0 Å². The standard InChI is InChI=1S/C38H41FN6O5/c1-4-31-29(10-7-23(2)41-31)30-17-27(36(46)43-14-12-42(13-15-43)35-33(50-3)19-28(39)20-40-35)16-26-18-32(45(34(26)30)21-24-8-9-24)25-6-5-11-44(22-25)37(47)38(48)49/h6-7,10,16-20,24H,4-5,8-9,11-15,21-22H2,1-3H3,(H,48,49). The Morgan fingerprint density at radius 2 is 1.78 bits per heavy atom. The number of benzene rings is 1. The minimum Gasteiger partial charge on any atom is -0.493 e. The smallest absolute Gasteiger partial charge is 0.394 e. The van der Waals surface area contributed by atoms with E-state index in [1.165, 1.54) is 24.3 Å². The Labute approximate surface area is 290 Å². The summed E-state index contributed by atoms with van der Waals surface area (Å²) < 4.78 is 21.5. The second-order valence-electron chi connectivity index (χ2n) is 13.4. The van der Waals surface area contributed by atoms with Crippen molar-refractivity contribution in [2.45, 2.75) is 46.1 Å². The van der Waals surface area contributed by atoms with Crippen molar-refractivity contribution >= 4 is 40.1 Å². The predicted octanol–water partition coefficient (Wildman–Crippen LogP) is 5.19. The molecular formula is C38H41FN6O5. The third-order valence-corrected chi connectivity index (χ3v) is 9.95. The zero-order valence-electron chi connectivity index (χ0n) is 28.6. The minimum absolute atomic E-state index is 0.0865. The lowest BCUT2D eigenvalue weighted by molar-refractivity contribution is -0.155. The number of hydrogen-bond donors (Lipinski definition) is 1. The fourth-order valence-corrected chi connectivity index (χ4v) is 7.23. The molecule has 11 nitrogen and oxygen atoms in total. The number of ether oxygens (including phenoxy) is 1. The van der Waals surface area contributed by atoms with Gasteiger partial charge in [0, 0.05) is 91.0 Å². The van der Waals surface area contributed by atoms with Gasteiger partial charge in [0.2, 0.25) is 0 Å². The first-order valence-corrected chi connectivity index (χ1v) is 17.2. The summed E-state index contributed by atoms with van der Waals surface area (Å²) in [7, 11) is 1.49. The predicted molar refractivity (Wildman–Crippen MR) is 188 cm³/mol. The maximum Gasteiger partial charge on any atom is 0.394 e. The molecule has 0 bridgehead atoms. The highest BCUT2D eigenvalue weighted by atomic mass is 19.1. The number of carboxylic acids is 1. The van der Waals surface area contributed by atoms with E-state index in [1.807, 2.05) is 34.9 Å². The van der Waals surface area contributed by atoms with Crippen LogP contribution in [0.3, 0.4) is 0 Å². The van der Waals surface area contributed by atoms with Crippen LogP contribution in [0.4, 0.5) is 10.2 Å². The fraction of sp³-hybridized carbons (Fsp3) is 0.395. The summed E-state index contributed by atoms with van der Waals surface area (Å²) in [6.45, 7) is 7.33. The fourth-order valence-electron chi connectivity index (χ4n) is 7.23. The number of fused-ring (bicyclic) bond motifs is 1. The summed E-state index contributed by atoms with van der Waals surface area (Å²) >= 11 is 0. The normalized spacial score (nSPS) is 16.5. The number of aryl methyl sites for hydroxylation is 2. The van der Waals surface area contributed by atoms with Crippen LogP contribution in [0.15, 0.2) is 48.7 Å². The van der Waals surface area contributed by atoms with E-state index in [1.54, 1.807) is 0 Å². The molecule has 1 saturated carbocycles. The van der Waals surface area contributed by atoms with Crippen molar-refractivity contribution in [1.82, 2.24) is 24.3 Å². The molecule has 7 rings (SSSR count). The Kier molecular flexibility index (Phi) is 9.02. The summed E-state index contributed by atoms with van der Waals surface area (Å²) in [4.78, 5) is 52.7. The van der Waals surface area contributed by atoms with Gasteiger partial charge < -0.3 is 29.1 Å². The summed E-state index contributed by atoms with van der Waals surface area (Å²) in [5.74, 6) is -1.49. The number of nitrogens with zero attached hydrogens (tertiary/aromatic N) is 6. The van der Waals surface area contributed by atoms with Gasteiger partial charge in [0.1, 0.15) is 5.82 Å². The molecule has 12 heteroatoms. The highest BCUT2D eigenvalue weighted by Crippen LogP contribution is 2.40. The van der Waals surface area contributed by atoms with E-state index >= 15 is 0 Å². The Bertz CT molecular complexity index is 2030. The Morgan fingerprint density at radius 1 is 1.00 bits per heavy atom. The largest absolute Gasteiger partial charge is 0.493 e. The first kappa shape index (κ1) is 33.2. The van der Waals surface area contributed by atoms with Crippen LogP contribution in [0.25, 0.3) is 27.6 Å². The third kappa shape index (κ3) is 6.41. The van der Waals surface area contributed by atoms with Crippen molar-refractivity contribution in [3.63, 3.8) is 0 Å². The van der Waals surface area contributed by atoms with Crippen molar-refractivity contribution in [1.29, 1.82) is 0 Å². The molecule has 0 spiro atoms. The highest BCUT2D eigenvalue weighted by Gasteiger charge is 2.31. The zero-order valence-corrected chi connectivity index (χ0v) is 28.6. The number of carboxylic acid groups (broad SMARTS) is 1. The number of halogens is 1. The van der Waals surface area contributed by atoms with Gasteiger partial charge in [-0.3, -0.25) is 14.6 Å². The molecule has 2 fully saturated rings. The topological polar surface area (TPSA) is 121 Å². The molecule has 0 atom stereocenters. The molecule has 1 aromatic carbocycles. The second-order valence-corrected chi connectivity index (χ2v) is 13.4. The lowest BCUT2D eigenvalue weighted by atomic mass is 9.96. The van der Waals surface area contributed by atoms with E-state index < -0.39 is 17.7 Å². The van der Waals surface area contributed by atoms with E-state index in [2.05, 4.69) is 34.7 Å². The van der Waals surface area contributed by atoms with Crippen molar-refractivity contribution in [2.75, 3.05) is 51.3 Å². The molecule has 4 aromatic rings. The molecule has 1 saturated heterocycles. The summed E-state index contributed by atoms with van der Waals surface area (Å²) in [5, 5.41) is 10.3. The number of carbonyl (C=O) groups excluding carboxylic acids is 2. The first-order chi connectivity index (χ1) is 24.1. The summed E-state index contributed by atoms with van der Waals surface area (Å²) in [6, 6.07) is 11.5. The molecule has 2 amide bonds. The molecule has 5 heterocycles. The van der Waals surface area contributed by atoms with E-state index in [0.717, 1.165) is 64.1 Å². The number of hydrogen-bond acceptors (Lipinski definition) is 7. The van der Waals surface area contributed by atoms with Crippen molar-refractivity contribution in [3.05, 3.63) is 77.1 Å². The van der Waals surface area contributed by atoms with Crippen molar-refractivity contribution in [3.8, 4) is 16.9 Å². The lowest BCUT2D eigenvalue weighted by Gasteiger charge is -2.36. The molecule has 0 radical (unpaired) electrons. The SMILES string of the molecule is CCc1nc(C)ccc1-c1cc(C(=O)N2CCN(c3ncc(F)cc3OC)CC2)cc2cc(C3=CCCN(C(=O)C(=O)O)C3)n(CC3CC3)c12. The molecule has 3 aliphatic rings.